The summed E-state index contributed by atoms with van der Waals surface area (Å²) < 4.78 is 0. The Balaban J connectivity index is 2.09. The molecule has 0 spiro atoms. The van der Waals surface area contributed by atoms with Crippen molar-refractivity contribution < 1.29 is 0 Å². The number of nitrogens with one attached hydrogen (secondary N) is 1. The molecule has 2 aromatic rings. The Morgan fingerprint density at radius 1 is 1.39 bits per heavy atom. The second kappa shape index (κ2) is 5.19. The lowest BCUT2D eigenvalue weighted by molar-refractivity contribution is 1.11. The maximum atomic E-state index is 8.73. The largest absolute Gasteiger partial charge is 0.396 e. The number of nitrogens with two attached hydrogens (primary N) is 1. The first-order valence-electron chi connectivity index (χ1n) is 5.64. The predicted octanol–water partition coefficient (Wildman–Crippen LogP) is 2.46. The van der Waals surface area contributed by atoms with Gasteiger partial charge in [0.25, 0.3) is 0 Å². The van der Waals surface area contributed by atoms with Gasteiger partial charge in [-0.25, -0.2) is 4.98 Å². The number of hydrogen-bond donors (Lipinski definition) is 2. The Kier molecular flexibility index (Phi) is 3.44. The smallest absolute Gasteiger partial charge is 0.149 e. The first kappa shape index (κ1) is 11.9. The molecule has 0 fully saturated rings. The highest BCUT2D eigenvalue weighted by molar-refractivity contribution is 5.63. The highest BCUT2D eigenvalue weighted by Gasteiger charge is 2.02. The van der Waals surface area contributed by atoms with E-state index in [1.54, 1.807) is 6.07 Å². The summed E-state index contributed by atoms with van der Waals surface area (Å²) in [6.45, 7) is 2.71. The molecule has 0 saturated heterocycles. The van der Waals surface area contributed by atoms with Gasteiger partial charge < -0.3 is 11.1 Å². The van der Waals surface area contributed by atoms with Gasteiger partial charge in [0, 0.05) is 12.7 Å². The third kappa shape index (κ3) is 2.77. The van der Waals surface area contributed by atoms with Gasteiger partial charge in [0.05, 0.1) is 11.3 Å². The Bertz CT molecular complexity index is 599. The first-order valence-corrected chi connectivity index (χ1v) is 5.64. The standard InChI is InChI=1S/C14H14N4/c1-10-3-2-4-11(5-10)8-17-14-13(16)6-12(7-15)9-18-14/h2-6,9H,8,16H2,1H3,(H,17,18). The highest BCUT2D eigenvalue weighted by atomic mass is 15.0. The van der Waals surface area contributed by atoms with E-state index in [1.807, 2.05) is 18.2 Å². The number of nitrogen functional groups attached to an aromatic ring is 1. The fraction of sp³-hybridized carbons (Fsp3) is 0.143. The van der Waals surface area contributed by atoms with Crippen LogP contribution in [0.2, 0.25) is 0 Å². The molecule has 0 atom stereocenters. The van der Waals surface area contributed by atoms with E-state index >= 15 is 0 Å². The Hall–Kier alpha value is -2.54. The summed E-state index contributed by atoms with van der Waals surface area (Å²) in [4.78, 5) is 4.13. The molecule has 0 saturated carbocycles. The van der Waals surface area contributed by atoms with Gasteiger partial charge in [-0.2, -0.15) is 5.26 Å². The number of anilines is 2. The maximum Gasteiger partial charge on any atom is 0.149 e. The van der Waals surface area contributed by atoms with Crippen LogP contribution in [0.1, 0.15) is 16.7 Å². The van der Waals surface area contributed by atoms with Gasteiger partial charge in [0.2, 0.25) is 0 Å². The van der Waals surface area contributed by atoms with Crippen LogP contribution in [0.5, 0.6) is 0 Å². The number of nitriles is 1. The number of aryl methyl sites for hydroxylation is 1. The SMILES string of the molecule is Cc1cccc(CNc2ncc(C#N)cc2N)c1. The third-order valence-corrected chi connectivity index (χ3v) is 2.59. The minimum Gasteiger partial charge on any atom is -0.396 e. The van der Waals surface area contributed by atoms with Crippen LogP contribution in [-0.2, 0) is 6.54 Å². The molecule has 3 N–H and O–H groups in total. The summed E-state index contributed by atoms with van der Waals surface area (Å²) in [6.07, 6.45) is 1.51. The molecule has 0 amide bonds. The summed E-state index contributed by atoms with van der Waals surface area (Å²) in [6, 6.07) is 11.8. The topological polar surface area (TPSA) is 74.7 Å². The summed E-state index contributed by atoms with van der Waals surface area (Å²) in [5.74, 6) is 0.607. The highest BCUT2D eigenvalue weighted by Crippen LogP contribution is 2.17. The molecule has 4 nitrogen and oxygen atoms in total. The second-order valence-corrected chi connectivity index (χ2v) is 4.12. The van der Waals surface area contributed by atoms with E-state index < -0.39 is 0 Å². The zero-order valence-corrected chi connectivity index (χ0v) is 10.1. The maximum absolute atomic E-state index is 8.73. The number of hydrogen-bond acceptors (Lipinski definition) is 4. The molecule has 1 aromatic heterocycles. The Morgan fingerprint density at radius 3 is 2.89 bits per heavy atom. The van der Waals surface area contributed by atoms with E-state index in [4.69, 9.17) is 11.0 Å². The molecular weight excluding hydrogens is 224 g/mol. The normalized spacial score (nSPS) is 9.78. The molecule has 0 aliphatic heterocycles. The minimum absolute atomic E-state index is 0.466. The van der Waals surface area contributed by atoms with Gasteiger partial charge in [-0.3, -0.25) is 0 Å². The van der Waals surface area contributed by atoms with Crippen LogP contribution in [0.15, 0.2) is 36.5 Å². The van der Waals surface area contributed by atoms with E-state index in [2.05, 4.69) is 29.4 Å². The van der Waals surface area contributed by atoms with Crippen molar-refractivity contribution in [2.45, 2.75) is 13.5 Å². The summed E-state index contributed by atoms with van der Waals surface area (Å²) in [5.41, 5.74) is 9.15. The summed E-state index contributed by atoms with van der Waals surface area (Å²) in [5, 5.41) is 11.9. The average molecular weight is 238 g/mol. The van der Waals surface area contributed by atoms with Crippen LogP contribution in [-0.4, -0.2) is 4.98 Å². The van der Waals surface area contributed by atoms with E-state index in [-0.39, 0.29) is 0 Å². The van der Waals surface area contributed by atoms with Crippen molar-refractivity contribution in [2.75, 3.05) is 11.1 Å². The van der Waals surface area contributed by atoms with E-state index in [9.17, 15) is 0 Å². The van der Waals surface area contributed by atoms with E-state index in [1.165, 1.54) is 17.3 Å². The molecule has 18 heavy (non-hydrogen) atoms. The fourth-order valence-corrected chi connectivity index (χ4v) is 1.70. The van der Waals surface area contributed by atoms with E-state index in [0.29, 0.717) is 23.6 Å². The zero-order valence-electron chi connectivity index (χ0n) is 10.1. The van der Waals surface area contributed by atoms with Gasteiger partial charge in [-0.15, -0.1) is 0 Å². The summed E-state index contributed by atoms with van der Waals surface area (Å²) >= 11 is 0. The van der Waals surface area contributed by atoms with Gasteiger partial charge in [-0.1, -0.05) is 29.8 Å². The van der Waals surface area contributed by atoms with Crippen molar-refractivity contribution in [3.63, 3.8) is 0 Å². The predicted molar refractivity (Wildman–Crippen MR) is 71.9 cm³/mol. The van der Waals surface area contributed by atoms with Crippen molar-refractivity contribution in [1.82, 2.24) is 4.98 Å². The number of pyridine rings is 1. The number of aromatic nitrogens is 1. The van der Waals surface area contributed by atoms with Crippen LogP contribution in [0.3, 0.4) is 0 Å². The molecule has 1 heterocycles. The van der Waals surface area contributed by atoms with Crippen LogP contribution in [0, 0.1) is 18.3 Å². The van der Waals surface area contributed by atoms with Crippen molar-refractivity contribution in [3.05, 3.63) is 53.2 Å². The van der Waals surface area contributed by atoms with Crippen molar-refractivity contribution in [2.24, 2.45) is 0 Å². The first-order chi connectivity index (χ1) is 8.69. The van der Waals surface area contributed by atoms with Crippen molar-refractivity contribution in [3.8, 4) is 6.07 Å². The van der Waals surface area contributed by atoms with Crippen LogP contribution in [0.25, 0.3) is 0 Å². The molecule has 0 unspecified atom stereocenters. The van der Waals surface area contributed by atoms with Gasteiger partial charge >= 0.3 is 0 Å². The lowest BCUT2D eigenvalue weighted by Gasteiger charge is -2.08. The molecule has 0 radical (unpaired) electrons. The molecule has 0 aliphatic rings. The zero-order chi connectivity index (χ0) is 13.0. The molecule has 1 aromatic carbocycles. The lowest BCUT2D eigenvalue weighted by atomic mass is 10.1. The molecule has 0 aliphatic carbocycles. The number of nitrogens with zero attached hydrogens (tertiary/aromatic N) is 2. The Labute approximate surface area is 106 Å². The monoisotopic (exact) mass is 238 g/mol. The van der Waals surface area contributed by atoms with Gasteiger partial charge in [-0.05, 0) is 18.6 Å². The summed E-state index contributed by atoms with van der Waals surface area (Å²) in [7, 11) is 0. The molecule has 90 valence electrons. The van der Waals surface area contributed by atoms with Crippen molar-refractivity contribution in [1.29, 1.82) is 5.26 Å². The fourth-order valence-electron chi connectivity index (χ4n) is 1.70. The van der Waals surface area contributed by atoms with Gasteiger partial charge in [0.15, 0.2) is 0 Å². The number of benzene rings is 1. The Morgan fingerprint density at radius 2 is 2.22 bits per heavy atom. The molecule has 2 rings (SSSR count). The molecule has 4 heteroatoms. The van der Waals surface area contributed by atoms with E-state index in [0.717, 1.165) is 0 Å². The molecular formula is C14H14N4. The lowest BCUT2D eigenvalue weighted by Crippen LogP contribution is -2.05. The van der Waals surface area contributed by atoms with Crippen LogP contribution >= 0.6 is 0 Å². The van der Waals surface area contributed by atoms with Gasteiger partial charge in [0.1, 0.15) is 11.9 Å². The second-order valence-electron chi connectivity index (χ2n) is 4.12. The number of rotatable bonds is 3. The quantitative estimate of drug-likeness (QED) is 0.861. The van der Waals surface area contributed by atoms with Crippen LogP contribution < -0.4 is 11.1 Å². The third-order valence-electron chi connectivity index (χ3n) is 2.59. The molecule has 0 bridgehead atoms. The van der Waals surface area contributed by atoms with Crippen molar-refractivity contribution >= 4 is 11.5 Å². The average Bonchev–Trinajstić information content (AvgIpc) is 2.37. The van der Waals surface area contributed by atoms with Crippen LogP contribution in [0.4, 0.5) is 11.5 Å². The minimum atomic E-state index is 0.466.